The predicted octanol–water partition coefficient (Wildman–Crippen LogP) is 5.64. The maximum Gasteiger partial charge on any atom is 0.418 e. The van der Waals surface area contributed by atoms with Crippen LogP contribution in [0.5, 0.6) is 0 Å². The maximum atomic E-state index is 13.1. The van der Waals surface area contributed by atoms with Crippen LogP contribution in [-0.2, 0) is 6.18 Å². The Labute approximate surface area is 146 Å². The van der Waals surface area contributed by atoms with Gasteiger partial charge in [-0.25, -0.2) is 4.98 Å². The number of alkyl halides is 3. The molecule has 0 unspecified atom stereocenters. The third-order valence-electron chi connectivity index (χ3n) is 3.27. The average Bonchev–Trinajstić information content (AvgIpc) is 2.57. The standard InChI is InChI=1S/C17H12ClF3N4/c18-12-6-2-4-8-14(12)24-16-22-10-9-15(25-16)23-13-7-3-1-5-11(13)17(19,20)21/h1-10H,(H2,22,23,24,25). The summed E-state index contributed by atoms with van der Waals surface area (Å²) in [5.74, 6) is 0.434. The summed E-state index contributed by atoms with van der Waals surface area (Å²) in [5.41, 5.74) is -0.261. The highest BCUT2D eigenvalue weighted by Gasteiger charge is 2.33. The van der Waals surface area contributed by atoms with Crippen molar-refractivity contribution in [3.05, 3.63) is 71.4 Å². The molecule has 0 saturated heterocycles. The molecule has 4 nitrogen and oxygen atoms in total. The van der Waals surface area contributed by atoms with Crippen molar-refractivity contribution in [2.24, 2.45) is 0 Å². The number of anilines is 4. The van der Waals surface area contributed by atoms with E-state index in [-0.39, 0.29) is 17.5 Å². The highest BCUT2D eigenvalue weighted by Crippen LogP contribution is 2.35. The Hall–Kier alpha value is -2.80. The Morgan fingerprint density at radius 2 is 1.52 bits per heavy atom. The van der Waals surface area contributed by atoms with E-state index in [1.165, 1.54) is 30.5 Å². The van der Waals surface area contributed by atoms with Crippen molar-refractivity contribution in [2.75, 3.05) is 10.6 Å². The van der Waals surface area contributed by atoms with Crippen molar-refractivity contribution in [1.82, 2.24) is 9.97 Å². The number of halogens is 4. The number of hydrogen-bond acceptors (Lipinski definition) is 4. The van der Waals surface area contributed by atoms with Crippen LogP contribution in [0.1, 0.15) is 5.56 Å². The molecular formula is C17H12ClF3N4. The SMILES string of the molecule is FC(F)(F)c1ccccc1Nc1ccnc(Nc2ccccc2Cl)n1. The molecule has 2 N–H and O–H groups in total. The zero-order valence-corrected chi connectivity index (χ0v) is 13.4. The van der Waals surface area contributed by atoms with Gasteiger partial charge in [-0.15, -0.1) is 0 Å². The van der Waals surface area contributed by atoms with E-state index in [1.807, 2.05) is 0 Å². The molecule has 8 heteroatoms. The molecule has 0 saturated carbocycles. The summed E-state index contributed by atoms with van der Waals surface area (Å²) < 4.78 is 39.2. The molecule has 0 radical (unpaired) electrons. The normalized spacial score (nSPS) is 11.2. The van der Waals surface area contributed by atoms with Gasteiger partial charge in [-0.3, -0.25) is 0 Å². The minimum atomic E-state index is -4.46. The van der Waals surface area contributed by atoms with Gasteiger partial charge < -0.3 is 10.6 Å². The molecule has 2 aromatic carbocycles. The number of nitrogens with one attached hydrogen (secondary N) is 2. The molecule has 0 spiro atoms. The Morgan fingerprint density at radius 1 is 0.840 bits per heavy atom. The van der Waals surface area contributed by atoms with Crippen LogP contribution in [0.3, 0.4) is 0 Å². The van der Waals surface area contributed by atoms with Gasteiger partial charge in [0, 0.05) is 6.20 Å². The lowest BCUT2D eigenvalue weighted by Gasteiger charge is -2.14. The molecule has 0 aliphatic rings. The second-order valence-corrected chi connectivity index (χ2v) is 5.45. The van der Waals surface area contributed by atoms with Gasteiger partial charge in [0.15, 0.2) is 0 Å². The third kappa shape index (κ3) is 4.19. The predicted molar refractivity (Wildman–Crippen MR) is 91.5 cm³/mol. The van der Waals surface area contributed by atoms with Crippen LogP contribution in [0.25, 0.3) is 0 Å². The van der Waals surface area contributed by atoms with Crippen molar-refractivity contribution in [2.45, 2.75) is 6.18 Å². The highest BCUT2D eigenvalue weighted by atomic mass is 35.5. The van der Waals surface area contributed by atoms with Crippen molar-refractivity contribution >= 4 is 34.7 Å². The minimum Gasteiger partial charge on any atom is -0.340 e. The van der Waals surface area contributed by atoms with Gasteiger partial charge in [0.2, 0.25) is 5.95 Å². The van der Waals surface area contributed by atoms with Gasteiger partial charge in [0.1, 0.15) is 5.82 Å². The molecule has 0 fully saturated rings. The maximum absolute atomic E-state index is 13.1. The number of hydrogen-bond donors (Lipinski definition) is 2. The fraction of sp³-hybridized carbons (Fsp3) is 0.0588. The van der Waals surface area contributed by atoms with Crippen LogP contribution in [0, 0.1) is 0 Å². The minimum absolute atomic E-state index is 0.0857. The second kappa shape index (κ2) is 6.98. The zero-order valence-electron chi connectivity index (χ0n) is 12.7. The van der Waals surface area contributed by atoms with Crippen LogP contribution >= 0.6 is 11.6 Å². The first-order valence-electron chi connectivity index (χ1n) is 7.21. The Morgan fingerprint density at radius 3 is 2.24 bits per heavy atom. The largest absolute Gasteiger partial charge is 0.418 e. The van der Waals surface area contributed by atoms with Gasteiger partial charge in [0.05, 0.1) is 22.0 Å². The fourth-order valence-electron chi connectivity index (χ4n) is 2.15. The Bertz CT molecular complexity index is 884. The number of nitrogens with zero attached hydrogens (tertiary/aromatic N) is 2. The first-order chi connectivity index (χ1) is 11.9. The van der Waals surface area contributed by atoms with Crippen LogP contribution < -0.4 is 10.6 Å². The fourth-order valence-corrected chi connectivity index (χ4v) is 2.33. The molecule has 1 aromatic heterocycles. The van der Waals surface area contributed by atoms with Crippen molar-refractivity contribution in [3.8, 4) is 0 Å². The van der Waals surface area contributed by atoms with Crippen LogP contribution in [0.2, 0.25) is 5.02 Å². The van der Waals surface area contributed by atoms with Gasteiger partial charge >= 0.3 is 6.18 Å². The van der Waals surface area contributed by atoms with Crippen molar-refractivity contribution in [3.63, 3.8) is 0 Å². The molecule has 0 amide bonds. The van der Waals surface area contributed by atoms with Crippen LogP contribution in [-0.4, -0.2) is 9.97 Å². The summed E-state index contributed by atoms with van der Waals surface area (Å²) in [6.45, 7) is 0. The first kappa shape index (κ1) is 17.0. The van der Waals surface area contributed by atoms with Gasteiger partial charge in [0.25, 0.3) is 0 Å². The van der Waals surface area contributed by atoms with E-state index < -0.39 is 11.7 Å². The van der Waals surface area contributed by atoms with Crippen LogP contribution in [0.15, 0.2) is 60.8 Å². The van der Waals surface area contributed by atoms with Gasteiger partial charge in [-0.05, 0) is 30.3 Å². The topological polar surface area (TPSA) is 49.8 Å². The molecule has 0 bridgehead atoms. The number of rotatable bonds is 4. The monoisotopic (exact) mass is 364 g/mol. The number of para-hydroxylation sites is 2. The Kier molecular flexibility index (Phi) is 4.76. The number of aromatic nitrogens is 2. The molecule has 0 aliphatic heterocycles. The van der Waals surface area contributed by atoms with Gasteiger partial charge in [-0.2, -0.15) is 18.2 Å². The third-order valence-corrected chi connectivity index (χ3v) is 3.60. The zero-order chi connectivity index (χ0) is 17.9. The average molecular weight is 365 g/mol. The first-order valence-corrected chi connectivity index (χ1v) is 7.59. The lowest BCUT2D eigenvalue weighted by Crippen LogP contribution is -2.09. The molecule has 0 aliphatic carbocycles. The van der Waals surface area contributed by atoms with E-state index >= 15 is 0 Å². The summed E-state index contributed by atoms with van der Waals surface area (Å²) >= 11 is 6.06. The molecule has 0 atom stereocenters. The smallest absolute Gasteiger partial charge is 0.340 e. The molecule has 25 heavy (non-hydrogen) atoms. The summed E-state index contributed by atoms with van der Waals surface area (Å²) in [7, 11) is 0. The van der Waals surface area contributed by atoms with Gasteiger partial charge in [-0.1, -0.05) is 35.9 Å². The van der Waals surface area contributed by atoms with E-state index in [4.69, 9.17) is 11.6 Å². The molecule has 3 rings (SSSR count). The quantitative estimate of drug-likeness (QED) is 0.629. The highest BCUT2D eigenvalue weighted by molar-refractivity contribution is 6.33. The molecule has 3 aromatic rings. The summed E-state index contributed by atoms with van der Waals surface area (Å²) in [5, 5.41) is 6.08. The van der Waals surface area contributed by atoms with E-state index in [2.05, 4.69) is 20.6 Å². The Balaban J connectivity index is 1.85. The number of benzene rings is 2. The summed E-state index contributed by atoms with van der Waals surface area (Å²) in [4.78, 5) is 8.21. The van der Waals surface area contributed by atoms with Crippen LogP contribution in [0.4, 0.5) is 36.3 Å². The summed E-state index contributed by atoms with van der Waals surface area (Å²) in [6.07, 6.45) is -3.03. The van der Waals surface area contributed by atoms with E-state index in [0.29, 0.717) is 10.7 Å². The molecule has 128 valence electrons. The second-order valence-electron chi connectivity index (χ2n) is 5.04. The lowest BCUT2D eigenvalue weighted by atomic mass is 10.1. The van der Waals surface area contributed by atoms with E-state index in [1.54, 1.807) is 24.3 Å². The lowest BCUT2D eigenvalue weighted by molar-refractivity contribution is -0.136. The van der Waals surface area contributed by atoms with E-state index in [0.717, 1.165) is 6.07 Å². The molecular weight excluding hydrogens is 353 g/mol. The summed E-state index contributed by atoms with van der Waals surface area (Å²) in [6, 6.07) is 13.7. The van der Waals surface area contributed by atoms with Crippen molar-refractivity contribution in [1.29, 1.82) is 0 Å². The van der Waals surface area contributed by atoms with E-state index in [9.17, 15) is 13.2 Å². The van der Waals surface area contributed by atoms with Crippen molar-refractivity contribution < 1.29 is 13.2 Å². The molecule has 1 heterocycles.